The van der Waals surface area contributed by atoms with Gasteiger partial charge in [-0.2, -0.15) is 5.10 Å². The molecule has 0 saturated carbocycles. The SMILES string of the molecule is COC(=O)c1cccc(Nc2ncnc3c2cnn3C)c1. The molecule has 0 aliphatic carbocycles. The first kappa shape index (κ1) is 13.0. The highest BCUT2D eigenvalue weighted by Gasteiger charge is 2.09. The van der Waals surface area contributed by atoms with Gasteiger partial charge in [-0.1, -0.05) is 6.07 Å². The van der Waals surface area contributed by atoms with E-state index < -0.39 is 0 Å². The fourth-order valence-electron chi connectivity index (χ4n) is 2.04. The lowest BCUT2D eigenvalue weighted by Gasteiger charge is -2.07. The Morgan fingerprint density at radius 3 is 3.00 bits per heavy atom. The lowest BCUT2D eigenvalue weighted by atomic mass is 10.2. The number of benzene rings is 1. The van der Waals surface area contributed by atoms with Gasteiger partial charge >= 0.3 is 5.97 Å². The highest BCUT2D eigenvalue weighted by Crippen LogP contribution is 2.22. The Labute approximate surface area is 120 Å². The Morgan fingerprint density at radius 1 is 1.33 bits per heavy atom. The quantitative estimate of drug-likeness (QED) is 0.739. The molecule has 0 radical (unpaired) electrons. The van der Waals surface area contributed by atoms with E-state index in [1.807, 2.05) is 13.1 Å². The first-order valence-corrected chi connectivity index (χ1v) is 6.27. The van der Waals surface area contributed by atoms with E-state index in [0.29, 0.717) is 11.4 Å². The van der Waals surface area contributed by atoms with Crippen molar-refractivity contribution in [2.45, 2.75) is 0 Å². The predicted molar refractivity (Wildman–Crippen MR) is 77.4 cm³/mol. The van der Waals surface area contributed by atoms with Gasteiger partial charge in [0.1, 0.15) is 12.1 Å². The highest BCUT2D eigenvalue weighted by atomic mass is 16.5. The number of nitrogens with one attached hydrogen (secondary N) is 1. The molecular weight excluding hydrogens is 270 g/mol. The zero-order valence-corrected chi connectivity index (χ0v) is 11.6. The number of aryl methyl sites for hydroxylation is 1. The van der Waals surface area contributed by atoms with Gasteiger partial charge in [0.25, 0.3) is 0 Å². The summed E-state index contributed by atoms with van der Waals surface area (Å²) in [5, 5.41) is 8.13. The van der Waals surface area contributed by atoms with E-state index in [-0.39, 0.29) is 5.97 Å². The third-order valence-corrected chi connectivity index (χ3v) is 3.08. The maximum absolute atomic E-state index is 11.5. The van der Waals surface area contributed by atoms with E-state index in [9.17, 15) is 4.79 Å². The predicted octanol–water partition coefficient (Wildman–Crippen LogP) is 1.89. The monoisotopic (exact) mass is 283 g/mol. The van der Waals surface area contributed by atoms with E-state index >= 15 is 0 Å². The van der Waals surface area contributed by atoms with E-state index in [1.165, 1.54) is 13.4 Å². The van der Waals surface area contributed by atoms with Crippen molar-refractivity contribution in [2.24, 2.45) is 7.05 Å². The van der Waals surface area contributed by atoms with Gasteiger partial charge in [0.2, 0.25) is 0 Å². The molecule has 7 heteroatoms. The van der Waals surface area contributed by atoms with Gasteiger partial charge in [-0.05, 0) is 18.2 Å². The van der Waals surface area contributed by atoms with Gasteiger partial charge in [0, 0.05) is 12.7 Å². The second kappa shape index (κ2) is 5.20. The van der Waals surface area contributed by atoms with Crippen LogP contribution in [0.2, 0.25) is 0 Å². The summed E-state index contributed by atoms with van der Waals surface area (Å²) in [6, 6.07) is 7.01. The molecule has 0 fully saturated rings. The number of methoxy groups -OCH3 is 1. The van der Waals surface area contributed by atoms with Crippen LogP contribution in [0.4, 0.5) is 11.5 Å². The maximum Gasteiger partial charge on any atom is 0.337 e. The highest BCUT2D eigenvalue weighted by molar-refractivity contribution is 5.92. The van der Waals surface area contributed by atoms with Gasteiger partial charge in [0.05, 0.1) is 24.3 Å². The van der Waals surface area contributed by atoms with Crippen LogP contribution in [0.1, 0.15) is 10.4 Å². The molecule has 0 aliphatic rings. The van der Waals surface area contributed by atoms with Crippen molar-refractivity contribution in [3.63, 3.8) is 0 Å². The van der Waals surface area contributed by atoms with Gasteiger partial charge in [-0.3, -0.25) is 4.68 Å². The molecule has 2 heterocycles. The summed E-state index contributed by atoms with van der Waals surface area (Å²) in [4.78, 5) is 19.9. The molecule has 0 saturated heterocycles. The van der Waals surface area contributed by atoms with Crippen molar-refractivity contribution < 1.29 is 9.53 Å². The Balaban J connectivity index is 1.97. The zero-order chi connectivity index (χ0) is 14.8. The summed E-state index contributed by atoms with van der Waals surface area (Å²) in [5.74, 6) is 0.253. The molecule has 7 nitrogen and oxygen atoms in total. The first-order chi connectivity index (χ1) is 10.2. The molecule has 0 atom stereocenters. The van der Waals surface area contributed by atoms with E-state index in [2.05, 4.69) is 20.4 Å². The Kier molecular flexibility index (Phi) is 3.23. The summed E-state index contributed by atoms with van der Waals surface area (Å²) in [6.07, 6.45) is 3.17. The number of esters is 1. The molecule has 3 rings (SSSR count). The molecule has 0 unspecified atom stereocenters. The lowest BCUT2D eigenvalue weighted by molar-refractivity contribution is 0.0601. The smallest absolute Gasteiger partial charge is 0.337 e. The van der Waals surface area contributed by atoms with Crippen LogP contribution < -0.4 is 5.32 Å². The molecular formula is C14H13N5O2. The molecule has 1 N–H and O–H groups in total. The number of hydrogen-bond donors (Lipinski definition) is 1. The number of carbonyl (C=O) groups excluding carboxylic acids is 1. The van der Waals surface area contributed by atoms with Crippen molar-refractivity contribution in [3.8, 4) is 0 Å². The number of carbonyl (C=O) groups is 1. The van der Waals surface area contributed by atoms with Gasteiger partial charge < -0.3 is 10.1 Å². The lowest BCUT2D eigenvalue weighted by Crippen LogP contribution is -2.02. The molecule has 0 bridgehead atoms. The summed E-state index contributed by atoms with van der Waals surface area (Å²) in [7, 11) is 3.17. The van der Waals surface area contributed by atoms with Crippen molar-refractivity contribution >= 4 is 28.5 Å². The minimum atomic E-state index is -0.382. The van der Waals surface area contributed by atoms with Gasteiger partial charge in [0.15, 0.2) is 5.65 Å². The van der Waals surface area contributed by atoms with Crippen LogP contribution in [0.3, 0.4) is 0 Å². The van der Waals surface area contributed by atoms with Crippen LogP contribution in [-0.2, 0) is 11.8 Å². The molecule has 3 aromatic rings. The number of hydrogen-bond acceptors (Lipinski definition) is 6. The average Bonchev–Trinajstić information content (AvgIpc) is 2.89. The van der Waals surface area contributed by atoms with Crippen LogP contribution in [0.15, 0.2) is 36.8 Å². The van der Waals surface area contributed by atoms with Crippen molar-refractivity contribution in [2.75, 3.05) is 12.4 Å². The summed E-state index contributed by atoms with van der Waals surface area (Å²) in [6.45, 7) is 0. The standard InChI is InChI=1S/C14H13N5O2/c1-19-13-11(7-17-19)12(15-8-16-13)18-10-5-3-4-9(6-10)14(20)21-2/h3-8H,1-2H3,(H,15,16,18). The Bertz CT molecular complexity index is 812. The van der Waals surface area contributed by atoms with Crippen LogP contribution >= 0.6 is 0 Å². The first-order valence-electron chi connectivity index (χ1n) is 6.27. The summed E-state index contributed by atoms with van der Waals surface area (Å²) < 4.78 is 6.38. The largest absolute Gasteiger partial charge is 0.465 e. The Hall–Kier alpha value is -2.96. The van der Waals surface area contributed by atoms with Gasteiger partial charge in [-0.25, -0.2) is 14.8 Å². The second-order valence-electron chi connectivity index (χ2n) is 4.43. The topological polar surface area (TPSA) is 81.9 Å². The summed E-state index contributed by atoms with van der Waals surface area (Å²) in [5.41, 5.74) is 1.94. The molecule has 106 valence electrons. The number of nitrogens with zero attached hydrogens (tertiary/aromatic N) is 4. The maximum atomic E-state index is 11.5. The van der Waals surface area contributed by atoms with E-state index in [4.69, 9.17) is 4.74 Å². The van der Waals surface area contributed by atoms with Gasteiger partial charge in [-0.15, -0.1) is 0 Å². The normalized spacial score (nSPS) is 10.6. The van der Waals surface area contributed by atoms with E-state index in [1.54, 1.807) is 29.1 Å². The summed E-state index contributed by atoms with van der Waals surface area (Å²) >= 11 is 0. The van der Waals surface area contributed by atoms with Crippen LogP contribution in [0, 0.1) is 0 Å². The van der Waals surface area contributed by atoms with Crippen LogP contribution in [0.25, 0.3) is 11.0 Å². The minimum absolute atomic E-state index is 0.382. The number of ether oxygens (including phenoxy) is 1. The number of rotatable bonds is 3. The van der Waals surface area contributed by atoms with Crippen molar-refractivity contribution in [3.05, 3.63) is 42.4 Å². The van der Waals surface area contributed by atoms with Crippen molar-refractivity contribution in [1.82, 2.24) is 19.7 Å². The molecule has 0 aliphatic heterocycles. The fraction of sp³-hybridized carbons (Fsp3) is 0.143. The molecule has 0 amide bonds. The molecule has 21 heavy (non-hydrogen) atoms. The zero-order valence-electron chi connectivity index (χ0n) is 11.6. The number of aromatic nitrogens is 4. The minimum Gasteiger partial charge on any atom is -0.465 e. The van der Waals surface area contributed by atoms with Crippen LogP contribution in [-0.4, -0.2) is 32.8 Å². The third kappa shape index (κ3) is 2.40. The molecule has 0 spiro atoms. The number of fused-ring (bicyclic) bond motifs is 1. The average molecular weight is 283 g/mol. The van der Waals surface area contributed by atoms with E-state index in [0.717, 1.165) is 16.7 Å². The number of anilines is 2. The molecule has 1 aromatic carbocycles. The fourth-order valence-corrected chi connectivity index (χ4v) is 2.04. The molecule has 2 aromatic heterocycles. The van der Waals surface area contributed by atoms with Crippen molar-refractivity contribution in [1.29, 1.82) is 0 Å². The van der Waals surface area contributed by atoms with Crippen LogP contribution in [0.5, 0.6) is 0 Å². The second-order valence-corrected chi connectivity index (χ2v) is 4.43. The third-order valence-electron chi connectivity index (χ3n) is 3.08. The Morgan fingerprint density at radius 2 is 2.19 bits per heavy atom.